The van der Waals surface area contributed by atoms with Crippen molar-refractivity contribution in [1.82, 2.24) is 0 Å². The van der Waals surface area contributed by atoms with Crippen LogP contribution in [0.15, 0.2) is 18.2 Å². The summed E-state index contributed by atoms with van der Waals surface area (Å²) in [6.07, 6.45) is 0. The summed E-state index contributed by atoms with van der Waals surface area (Å²) in [5.41, 5.74) is 1.68. The lowest BCUT2D eigenvalue weighted by molar-refractivity contribution is 0.309. The highest BCUT2D eigenvalue weighted by Gasteiger charge is 2.08. The molecule has 0 bridgehead atoms. The first-order valence-electron chi connectivity index (χ1n) is 5.78. The van der Waals surface area contributed by atoms with Crippen molar-refractivity contribution in [3.63, 3.8) is 0 Å². The van der Waals surface area contributed by atoms with Crippen molar-refractivity contribution < 1.29 is 14.9 Å². The van der Waals surface area contributed by atoms with Gasteiger partial charge in [0.15, 0.2) is 0 Å². The topological polar surface area (TPSA) is 73.8 Å². The van der Waals surface area contributed by atoms with Gasteiger partial charge < -0.3 is 25.6 Å². The maximum absolute atomic E-state index is 8.85. The number of aliphatic hydroxyl groups excluding tert-OH is 2. The maximum Gasteiger partial charge on any atom is 0.144 e. The molecule has 1 aromatic carbocycles. The zero-order valence-electron chi connectivity index (χ0n) is 10.1. The number of nitrogens with one attached hydrogen (secondary N) is 2. The van der Waals surface area contributed by atoms with Gasteiger partial charge in [-0.05, 0) is 19.1 Å². The molecule has 1 aromatic rings. The van der Waals surface area contributed by atoms with Crippen LogP contribution in [0.1, 0.15) is 6.92 Å². The normalized spacial score (nSPS) is 10.1. The molecule has 0 fully saturated rings. The van der Waals surface area contributed by atoms with E-state index in [1.807, 2.05) is 25.1 Å². The van der Waals surface area contributed by atoms with Crippen molar-refractivity contribution in [2.75, 3.05) is 43.5 Å². The fourth-order valence-corrected chi connectivity index (χ4v) is 1.51. The zero-order chi connectivity index (χ0) is 12.5. The second-order valence-corrected chi connectivity index (χ2v) is 3.41. The standard InChI is InChI=1S/C12H20N2O3/c1-2-17-11-5-3-4-10(13-6-8-15)12(11)14-7-9-16/h3-5,13-16H,2,6-9H2,1H3. The predicted octanol–water partition coefficient (Wildman–Crippen LogP) is 0.894. The lowest BCUT2D eigenvalue weighted by Crippen LogP contribution is -2.12. The van der Waals surface area contributed by atoms with Crippen LogP contribution in [-0.2, 0) is 0 Å². The number of rotatable bonds is 8. The van der Waals surface area contributed by atoms with E-state index >= 15 is 0 Å². The average molecular weight is 240 g/mol. The van der Waals surface area contributed by atoms with E-state index in [1.54, 1.807) is 0 Å². The Morgan fingerprint density at radius 3 is 2.47 bits per heavy atom. The van der Waals surface area contributed by atoms with Gasteiger partial charge in [-0.1, -0.05) is 6.07 Å². The minimum Gasteiger partial charge on any atom is -0.492 e. The van der Waals surface area contributed by atoms with Crippen LogP contribution in [0.3, 0.4) is 0 Å². The molecule has 0 atom stereocenters. The summed E-state index contributed by atoms with van der Waals surface area (Å²) in [6, 6.07) is 5.65. The Hall–Kier alpha value is -1.46. The molecule has 0 saturated heterocycles. The van der Waals surface area contributed by atoms with Gasteiger partial charge in [0.1, 0.15) is 11.4 Å². The molecule has 0 unspecified atom stereocenters. The van der Waals surface area contributed by atoms with Crippen molar-refractivity contribution in [2.45, 2.75) is 6.92 Å². The van der Waals surface area contributed by atoms with Crippen LogP contribution < -0.4 is 15.4 Å². The lowest BCUT2D eigenvalue weighted by atomic mass is 10.2. The zero-order valence-corrected chi connectivity index (χ0v) is 10.1. The van der Waals surface area contributed by atoms with Gasteiger partial charge in [-0.3, -0.25) is 0 Å². The van der Waals surface area contributed by atoms with Crippen LogP contribution in [-0.4, -0.2) is 43.1 Å². The summed E-state index contributed by atoms with van der Waals surface area (Å²) in [5, 5.41) is 23.9. The molecule has 0 aliphatic rings. The van der Waals surface area contributed by atoms with Gasteiger partial charge in [-0.15, -0.1) is 0 Å². The van der Waals surface area contributed by atoms with E-state index in [2.05, 4.69) is 10.6 Å². The van der Waals surface area contributed by atoms with Gasteiger partial charge >= 0.3 is 0 Å². The molecule has 0 spiro atoms. The van der Waals surface area contributed by atoms with Gasteiger partial charge in [0.25, 0.3) is 0 Å². The van der Waals surface area contributed by atoms with Gasteiger partial charge in [-0.25, -0.2) is 0 Å². The quantitative estimate of drug-likeness (QED) is 0.543. The first-order chi connectivity index (χ1) is 8.33. The Bertz CT molecular complexity index is 332. The molecule has 5 nitrogen and oxygen atoms in total. The third-order valence-electron chi connectivity index (χ3n) is 2.17. The van der Waals surface area contributed by atoms with Gasteiger partial charge in [0.05, 0.1) is 25.5 Å². The van der Waals surface area contributed by atoms with Gasteiger partial charge in [0, 0.05) is 13.1 Å². The Balaban J connectivity index is 2.87. The summed E-state index contributed by atoms with van der Waals surface area (Å²) in [5.74, 6) is 0.740. The molecule has 4 N–H and O–H groups in total. The molecule has 5 heteroatoms. The van der Waals surface area contributed by atoms with E-state index in [1.165, 1.54) is 0 Å². The molecule has 0 aliphatic carbocycles. The highest BCUT2D eigenvalue weighted by Crippen LogP contribution is 2.32. The SMILES string of the molecule is CCOc1cccc(NCCO)c1NCCO. The summed E-state index contributed by atoms with van der Waals surface area (Å²) >= 11 is 0. The summed E-state index contributed by atoms with van der Waals surface area (Å²) in [4.78, 5) is 0. The fourth-order valence-electron chi connectivity index (χ4n) is 1.51. The van der Waals surface area contributed by atoms with E-state index in [4.69, 9.17) is 14.9 Å². The number of ether oxygens (including phenoxy) is 1. The average Bonchev–Trinajstić information content (AvgIpc) is 2.35. The van der Waals surface area contributed by atoms with E-state index in [0.29, 0.717) is 19.7 Å². The first-order valence-corrected chi connectivity index (χ1v) is 5.78. The second-order valence-electron chi connectivity index (χ2n) is 3.41. The molecule has 1 rings (SSSR count). The third-order valence-corrected chi connectivity index (χ3v) is 2.17. The molecule has 0 saturated carbocycles. The van der Waals surface area contributed by atoms with E-state index < -0.39 is 0 Å². The second kappa shape index (κ2) is 7.76. The molecule has 0 aliphatic heterocycles. The van der Waals surface area contributed by atoms with Gasteiger partial charge in [0.2, 0.25) is 0 Å². The Morgan fingerprint density at radius 1 is 1.12 bits per heavy atom. The predicted molar refractivity (Wildman–Crippen MR) is 68.8 cm³/mol. The number of benzene rings is 1. The monoisotopic (exact) mass is 240 g/mol. The highest BCUT2D eigenvalue weighted by molar-refractivity contribution is 5.75. The smallest absolute Gasteiger partial charge is 0.144 e. The largest absolute Gasteiger partial charge is 0.492 e. The number of hydrogen-bond acceptors (Lipinski definition) is 5. The third kappa shape index (κ3) is 4.13. The number of hydrogen-bond donors (Lipinski definition) is 4. The summed E-state index contributed by atoms with van der Waals surface area (Å²) in [6.45, 7) is 3.56. The Morgan fingerprint density at radius 2 is 1.82 bits per heavy atom. The van der Waals surface area contributed by atoms with Crippen LogP contribution in [0.2, 0.25) is 0 Å². The molecule has 0 aromatic heterocycles. The van der Waals surface area contributed by atoms with Crippen molar-refractivity contribution in [2.24, 2.45) is 0 Å². The number of para-hydroxylation sites is 1. The van der Waals surface area contributed by atoms with Crippen LogP contribution >= 0.6 is 0 Å². The number of anilines is 2. The van der Waals surface area contributed by atoms with E-state index in [0.717, 1.165) is 17.1 Å². The molecule has 0 amide bonds. The van der Waals surface area contributed by atoms with Crippen LogP contribution in [0.5, 0.6) is 5.75 Å². The fraction of sp³-hybridized carbons (Fsp3) is 0.500. The molecule has 0 radical (unpaired) electrons. The highest BCUT2D eigenvalue weighted by atomic mass is 16.5. The Labute approximate surface area is 101 Å². The van der Waals surface area contributed by atoms with Crippen molar-refractivity contribution in [1.29, 1.82) is 0 Å². The maximum atomic E-state index is 8.85. The van der Waals surface area contributed by atoms with E-state index in [9.17, 15) is 0 Å². The van der Waals surface area contributed by atoms with Crippen molar-refractivity contribution in [3.05, 3.63) is 18.2 Å². The molecule has 96 valence electrons. The number of aliphatic hydroxyl groups is 2. The minimum atomic E-state index is 0.0555. The van der Waals surface area contributed by atoms with E-state index in [-0.39, 0.29) is 13.2 Å². The molecule has 0 heterocycles. The van der Waals surface area contributed by atoms with Crippen molar-refractivity contribution in [3.8, 4) is 5.75 Å². The van der Waals surface area contributed by atoms with Gasteiger partial charge in [-0.2, -0.15) is 0 Å². The lowest BCUT2D eigenvalue weighted by Gasteiger charge is -2.17. The van der Waals surface area contributed by atoms with Crippen LogP contribution in [0, 0.1) is 0 Å². The summed E-state index contributed by atoms with van der Waals surface area (Å²) < 4.78 is 5.51. The Kier molecular flexibility index (Phi) is 6.21. The first kappa shape index (κ1) is 13.6. The molecule has 17 heavy (non-hydrogen) atoms. The molecular weight excluding hydrogens is 220 g/mol. The van der Waals surface area contributed by atoms with Crippen LogP contribution in [0.25, 0.3) is 0 Å². The minimum absolute atomic E-state index is 0.0555. The van der Waals surface area contributed by atoms with Crippen molar-refractivity contribution >= 4 is 11.4 Å². The summed E-state index contributed by atoms with van der Waals surface area (Å²) in [7, 11) is 0. The molecular formula is C12H20N2O3. The van der Waals surface area contributed by atoms with Crippen LogP contribution in [0.4, 0.5) is 11.4 Å².